The zero-order valence-corrected chi connectivity index (χ0v) is 11.5. The molecule has 0 heterocycles. The summed E-state index contributed by atoms with van der Waals surface area (Å²) in [7, 11) is 0. The first kappa shape index (κ1) is 13.7. The number of rotatable bonds is 6. The third-order valence-corrected chi connectivity index (χ3v) is 4.14. The first-order valence-corrected chi connectivity index (χ1v) is 7.12. The van der Waals surface area contributed by atoms with Crippen molar-refractivity contribution in [2.24, 2.45) is 0 Å². The number of halogens is 2. The van der Waals surface area contributed by atoms with Gasteiger partial charge in [-0.2, -0.15) is 11.8 Å². The molecule has 0 aromatic heterocycles. The monoisotopic (exact) mass is 304 g/mol. The SMILES string of the molecule is CCCSCC(=O)Cc1cccc(F)c1Br. The number of Topliss-reactive ketones (excluding diaryl/α,β-unsaturated/α-hetero) is 1. The molecule has 88 valence electrons. The van der Waals surface area contributed by atoms with Crippen LogP contribution in [0, 0.1) is 5.82 Å². The van der Waals surface area contributed by atoms with Gasteiger partial charge in [0.2, 0.25) is 0 Å². The van der Waals surface area contributed by atoms with Gasteiger partial charge in [-0.15, -0.1) is 0 Å². The van der Waals surface area contributed by atoms with E-state index < -0.39 is 0 Å². The highest BCUT2D eigenvalue weighted by molar-refractivity contribution is 9.10. The van der Waals surface area contributed by atoms with Gasteiger partial charge < -0.3 is 0 Å². The third kappa shape index (κ3) is 4.26. The van der Waals surface area contributed by atoms with E-state index >= 15 is 0 Å². The van der Waals surface area contributed by atoms with Crippen LogP contribution in [0.5, 0.6) is 0 Å². The van der Waals surface area contributed by atoms with Gasteiger partial charge in [0.05, 0.1) is 10.2 Å². The van der Waals surface area contributed by atoms with Crippen LogP contribution in [0.1, 0.15) is 18.9 Å². The highest BCUT2D eigenvalue weighted by Gasteiger charge is 2.09. The van der Waals surface area contributed by atoms with Crippen LogP contribution < -0.4 is 0 Å². The molecule has 0 bridgehead atoms. The number of ketones is 1. The minimum Gasteiger partial charge on any atom is -0.298 e. The average molecular weight is 305 g/mol. The van der Waals surface area contributed by atoms with Crippen LogP contribution >= 0.6 is 27.7 Å². The van der Waals surface area contributed by atoms with E-state index in [1.165, 1.54) is 6.07 Å². The molecule has 1 aromatic rings. The highest BCUT2D eigenvalue weighted by Crippen LogP contribution is 2.21. The smallest absolute Gasteiger partial charge is 0.147 e. The molecule has 0 saturated carbocycles. The van der Waals surface area contributed by atoms with E-state index in [0.29, 0.717) is 16.6 Å². The fourth-order valence-corrected chi connectivity index (χ4v) is 2.45. The van der Waals surface area contributed by atoms with Crippen molar-refractivity contribution >= 4 is 33.5 Å². The van der Waals surface area contributed by atoms with E-state index in [1.54, 1.807) is 23.9 Å². The van der Waals surface area contributed by atoms with Gasteiger partial charge >= 0.3 is 0 Å². The molecular formula is C12H14BrFOS. The predicted molar refractivity (Wildman–Crippen MR) is 70.4 cm³/mol. The van der Waals surface area contributed by atoms with Crippen molar-refractivity contribution in [1.82, 2.24) is 0 Å². The highest BCUT2D eigenvalue weighted by atomic mass is 79.9. The number of hydrogen-bond acceptors (Lipinski definition) is 2. The zero-order chi connectivity index (χ0) is 12.0. The van der Waals surface area contributed by atoms with Crippen LogP contribution in [-0.4, -0.2) is 17.3 Å². The Morgan fingerprint density at radius 1 is 1.50 bits per heavy atom. The molecule has 0 fully saturated rings. The molecule has 1 rings (SSSR count). The van der Waals surface area contributed by atoms with Gasteiger partial charge in [0.15, 0.2) is 0 Å². The van der Waals surface area contributed by atoms with Crippen molar-refractivity contribution < 1.29 is 9.18 Å². The van der Waals surface area contributed by atoms with Crippen molar-refractivity contribution in [3.63, 3.8) is 0 Å². The van der Waals surface area contributed by atoms with Crippen molar-refractivity contribution in [3.05, 3.63) is 34.1 Å². The lowest BCUT2D eigenvalue weighted by atomic mass is 10.1. The van der Waals surface area contributed by atoms with Crippen molar-refractivity contribution in [2.45, 2.75) is 19.8 Å². The summed E-state index contributed by atoms with van der Waals surface area (Å²) in [6, 6.07) is 4.78. The fraction of sp³-hybridized carbons (Fsp3) is 0.417. The van der Waals surface area contributed by atoms with E-state index in [0.717, 1.165) is 17.7 Å². The van der Waals surface area contributed by atoms with Gasteiger partial charge in [0.1, 0.15) is 11.6 Å². The third-order valence-electron chi connectivity index (χ3n) is 2.03. The maximum Gasteiger partial charge on any atom is 0.147 e. The second kappa shape index (κ2) is 7.07. The lowest BCUT2D eigenvalue weighted by Gasteiger charge is -2.04. The molecule has 1 aromatic carbocycles. The fourth-order valence-electron chi connectivity index (χ4n) is 1.28. The summed E-state index contributed by atoms with van der Waals surface area (Å²) in [6.07, 6.45) is 1.37. The summed E-state index contributed by atoms with van der Waals surface area (Å²) in [6.45, 7) is 2.08. The van der Waals surface area contributed by atoms with Crippen LogP contribution in [-0.2, 0) is 11.2 Å². The Kier molecular flexibility index (Phi) is 6.06. The molecule has 1 nitrogen and oxygen atoms in total. The topological polar surface area (TPSA) is 17.1 Å². The minimum atomic E-state index is -0.313. The second-order valence-corrected chi connectivity index (χ2v) is 5.38. The van der Waals surface area contributed by atoms with Crippen molar-refractivity contribution in [2.75, 3.05) is 11.5 Å². The van der Waals surface area contributed by atoms with Gasteiger partial charge in [0.25, 0.3) is 0 Å². The molecule has 4 heteroatoms. The Balaban J connectivity index is 2.53. The average Bonchev–Trinajstić information content (AvgIpc) is 2.25. The Labute approximate surface area is 108 Å². The van der Waals surface area contributed by atoms with Gasteiger partial charge in [-0.3, -0.25) is 4.79 Å². The van der Waals surface area contributed by atoms with Crippen LogP contribution in [0.3, 0.4) is 0 Å². The standard InChI is InChI=1S/C12H14BrFOS/c1-2-6-16-8-10(15)7-9-4-3-5-11(14)12(9)13/h3-5H,2,6-8H2,1H3. The molecule has 0 N–H and O–H groups in total. The Morgan fingerprint density at radius 2 is 2.25 bits per heavy atom. The zero-order valence-electron chi connectivity index (χ0n) is 9.13. The molecular weight excluding hydrogens is 291 g/mol. The first-order chi connectivity index (χ1) is 7.65. The lowest BCUT2D eigenvalue weighted by molar-refractivity contribution is -0.116. The second-order valence-electron chi connectivity index (χ2n) is 3.48. The molecule has 0 radical (unpaired) electrons. The number of benzene rings is 1. The van der Waals surface area contributed by atoms with Crippen LogP contribution in [0.4, 0.5) is 4.39 Å². The van der Waals surface area contributed by atoms with E-state index in [9.17, 15) is 9.18 Å². The minimum absolute atomic E-state index is 0.143. The van der Waals surface area contributed by atoms with Crippen LogP contribution in [0.25, 0.3) is 0 Å². The number of carbonyl (C=O) groups excluding carboxylic acids is 1. The first-order valence-electron chi connectivity index (χ1n) is 5.17. The predicted octanol–water partition coefficient (Wildman–Crippen LogP) is 3.84. The summed E-state index contributed by atoms with van der Waals surface area (Å²) < 4.78 is 13.6. The quantitative estimate of drug-likeness (QED) is 0.743. The van der Waals surface area contributed by atoms with Gasteiger partial charge in [-0.05, 0) is 39.7 Å². The molecule has 0 aliphatic heterocycles. The van der Waals surface area contributed by atoms with Gasteiger partial charge in [-0.25, -0.2) is 4.39 Å². The molecule has 0 saturated heterocycles. The van der Waals surface area contributed by atoms with Crippen molar-refractivity contribution in [3.8, 4) is 0 Å². The maximum atomic E-state index is 13.2. The maximum absolute atomic E-state index is 13.2. The van der Waals surface area contributed by atoms with E-state index in [-0.39, 0.29) is 11.6 Å². The molecule has 0 aliphatic carbocycles. The molecule has 0 amide bonds. The summed E-state index contributed by atoms with van der Waals surface area (Å²) in [5.74, 6) is 1.34. The number of carbonyl (C=O) groups is 1. The molecule has 0 atom stereocenters. The molecule has 0 spiro atoms. The van der Waals surface area contributed by atoms with E-state index in [4.69, 9.17) is 0 Å². The Bertz CT molecular complexity index is 368. The van der Waals surface area contributed by atoms with Crippen LogP contribution in [0.2, 0.25) is 0 Å². The summed E-state index contributed by atoms with van der Waals surface area (Å²) in [5, 5.41) is 0. The van der Waals surface area contributed by atoms with Crippen molar-refractivity contribution in [1.29, 1.82) is 0 Å². The van der Waals surface area contributed by atoms with E-state index in [2.05, 4.69) is 22.9 Å². The Hall–Kier alpha value is -0.350. The Morgan fingerprint density at radius 3 is 2.94 bits per heavy atom. The van der Waals surface area contributed by atoms with Gasteiger partial charge in [-0.1, -0.05) is 19.1 Å². The lowest BCUT2D eigenvalue weighted by Crippen LogP contribution is -2.07. The summed E-state index contributed by atoms with van der Waals surface area (Å²) in [4.78, 5) is 11.6. The summed E-state index contributed by atoms with van der Waals surface area (Å²) in [5.41, 5.74) is 0.724. The van der Waals surface area contributed by atoms with E-state index in [1.807, 2.05) is 0 Å². The molecule has 16 heavy (non-hydrogen) atoms. The summed E-state index contributed by atoms with van der Waals surface area (Å²) >= 11 is 4.79. The van der Waals surface area contributed by atoms with Crippen LogP contribution in [0.15, 0.2) is 22.7 Å². The number of hydrogen-bond donors (Lipinski definition) is 0. The number of thioether (sulfide) groups is 1. The molecule has 0 aliphatic rings. The molecule has 0 unspecified atom stereocenters. The van der Waals surface area contributed by atoms with Gasteiger partial charge in [0, 0.05) is 6.42 Å². The largest absolute Gasteiger partial charge is 0.298 e. The normalized spacial score (nSPS) is 10.4.